The zero-order valence-electron chi connectivity index (χ0n) is 10.9. The molecule has 0 atom stereocenters. The molecule has 0 aliphatic carbocycles. The molecule has 5 heteroatoms. The highest BCUT2D eigenvalue weighted by Crippen LogP contribution is 2.28. The van der Waals surface area contributed by atoms with E-state index in [1.165, 1.54) is 15.3 Å². The molecule has 0 unspecified atom stereocenters. The van der Waals surface area contributed by atoms with Crippen LogP contribution in [0.2, 0.25) is 0 Å². The molecule has 2 rings (SSSR count). The summed E-state index contributed by atoms with van der Waals surface area (Å²) in [5, 5.41) is 11.8. The molecule has 0 spiro atoms. The molecule has 0 aliphatic heterocycles. The number of carbonyl (C=O) groups is 1. The van der Waals surface area contributed by atoms with Gasteiger partial charge in [-0.15, -0.1) is 11.3 Å². The maximum atomic E-state index is 10.4. The van der Waals surface area contributed by atoms with E-state index >= 15 is 0 Å². The first kappa shape index (κ1) is 15.2. The molecule has 1 heterocycles. The molecule has 0 fully saturated rings. The Kier molecular flexibility index (Phi) is 5.76. The van der Waals surface area contributed by atoms with Gasteiger partial charge < -0.3 is 10.4 Å². The molecule has 20 heavy (non-hydrogen) atoms. The molecule has 0 saturated carbocycles. The van der Waals surface area contributed by atoms with Gasteiger partial charge in [0.25, 0.3) is 0 Å². The molecule has 0 bridgehead atoms. The molecule has 1 aromatic carbocycles. The average Bonchev–Trinajstić information content (AvgIpc) is 2.87. The van der Waals surface area contributed by atoms with Gasteiger partial charge in [0.2, 0.25) is 0 Å². The van der Waals surface area contributed by atoms with Gasteiger partial charge >= 0.3 is 5.97 Å². The number of carboxylic acid groups (broad SMARTS) is 1. The lowest BCUT2D eigenvalue weighted by molar-refractivity contribution is -0.137. The first-order valence-electron chi connectivity index (χ1n) is 6.42. The van der Waals surface area contributed by atoms with Crippen LogP contribution in [-0.2, 0) is 11.3 Å². The van der Waals surface area contributed by atoms with Crippen molar-refractivity contribution >= 4 is 33.2 Å². The number of hydrogen-bond donors (Lipinski definition) is 2. The lowest BCUT2D eigenvalue weighted by Crippen LogP contribution is -2.14. The van der Waals surface area contributed by atoms with Crippen molar-refractivity contribution in [1.29, 1.82) is 0 Å². The minimum atomic E-state index is -0.736. The summed E-state index contributed by atoms with van der Waals surface area (Å²) < 4.78 is 1.08. The Morgan fingerprint density at radius 1 is 1.20 bits per heavy atom. The molecular weight excluding hydrogens is 338 g/mol. The Bertz CT molecular complexity index is 566. The predicted octanol–water partition coefficient (Wildman–Crippen LogP) is 4.13. The van der Waals surface area contributed by atoms with Gasteiger partial charge in [-0.1, -0.05) is 28.1 Å². The second-order valence-corrected chi connectivity index (χ2v) is 6.53. The fourth-order valence-electron chi connectivity index (χ4n) is 1.82. The van der Waals surface area contributed by atoms with E-state index in [0.717, 1.165) is 17.6 Å². The van der Waals surface area contributed by atoms with Crippen LogP contribution in [-0.4, -0.2) is 17.6 Å². The highest BCUT2D eigenvalue weighted by molar-refractivity contribution is 9.10. The van der Waals surface area contributed by atoms with E-state index in [9.17, 15) is 4.79 Å². The lowest BCUT2D eigenvalue weighted by atomic mass is 10.2. The van der Waals surface area contributed by atoms with Gasteiger partial charge in [-0.2, -0.15) is 0 Å². The topological polar surface area (TPSA) is 49.3 Å². The van der Waals surface area contributed by atoms with E-state index in [4.69, 9.17) is 5.11 Å². The maximum absolute atomic E-state index is 10.4. The predicted molar refractivity (Wildman–Crippen MR) is 86.0 cm³/mol. The van der Waals surface area contributed by atoms with E-state index in [-0.39, 0.29) is 6.42 Å². The second kappa shape index (κ2) is 7.57. The normalized spacial score (nSPS) is 10.7. The monoisotopic (exact) mass is 353 g/mol. The van der Waals surface area contributed by atoms with Crippen LogP contribution in [0.5, 0.6) is 0 Å². The van der Waals surface area contributed by atoms with Crippen LogP contribution < -0.4 is 5.32 Å². The van der Waals surface area contributed by atoms with Crippen LogP contribution in [0.15, 0.2) is 40.9 Å². The molecule has 0 radical (unpaired) electrons. The fourth-order valence-corrected chi connectivity index (χ4v) is 3.07. The number of hydrogen-bond acceptors (Lipinski definition) is 3. The van der Waals surface area contributed by atoms with Crippen molar-refractivity contribution in [2.75, 3.05) is 6.54 Å². The van der Waals surface area contributed by atoms with Gasteiger partial charge in [-0.3, -0.25) is 4.79 Å². The Morgan fingerprint density at radius 2 is 1.95 bits per heavy atom. The third kappa shape index (κ3) is 4.74. The van der Waals surface area contributed by atoms with Crippen LogP contribution >= 0.6 is 27.3 Å². The third-order valence-corrected chi connectivity index (χ3v) is 4.50. The molecule has 0 saturated heterocycles. The maximum Gasteiger partial charge on any atom is 0.303 e. The Hall–Kier alpha value is -1.17. The minimum Gasteiger partial charge on any atom is -0.481 e. The fraction of sp³-hybridized carbons (Fsp3) is 0.267. The number of benzene rings is 1. The first-order chi connectivity index (χ1) is 9.65. The van der Waals surface area contributed by atoms with Crippen LogP contribution in [0.25, 0.3) is 10.4 Å². The SMILES string of the molecule is O=C(O)CCCNCc1ccc(-c2ccc(Br)cc2)s1. The van der Waals surface area contributed by atoms with Crippen molar-refractivity contribution in [2.45, 2.75) is 19.4 Å². The molecule has 2 N–H and O–H groups in total. The van der Waals surface area contributed by atoms with Gasteiger partial charge in [0, 0.05) is 27.2 Å². The van der Waals surface area contributed by atoms with Crippen molar-refractivity contribution in [3.05, 3.63) is 45.7 Å². The Labute approximate surface area is 130 Å². The summed E-state index contributed by atoms with van der Waals surface area (Å²) in [7, 11) is 0. The summed E-state index contributed by atoms with van der Waals surface area (Å²) >= 11 is 5.20. The van der Waals surface area contributed by atoms with Crippen LogP contribution in [0.3, 0.4) is 0 Å². The Balaban J connectivity index is 1.83. The van der Waals surface area contributed by atoms with Crippen molar-refractivity contribution in [2.24, 2.45) is 0 Å². The zero-order chi connectivity index (χ0) is 14.4. The number of aliphatic carboxylic acids is 1. The van der Waals surface area contributed by atoms with Gasteiger partial charge in [0.1, 0.15) is 0 Å². The van der Waals surface area contributed by atoms with Crippen LogP contribution in [0, 0.1) is 0 Å². The lowest BCUT2D eigenvalue weighted by Gasteiger charge is -2.01. The standard InChI is InChI=1S/C15H16BrNO2S/c16-12-5-3-11(4-6-12)14-8-7-13(20-14)10-17-9-1-2-15(18)19/h3-8,17H,1-2,9-10H2,(H,18,19). The molecule has 1 aromatic heterocycles. The van der Waals surface area contributed by atoms with Gasteiger partial charge in [0.05, 0.1) is 0 Å². The summed E-state index contributed by atoms with van der Waals surface area (Å²) in [6, 6.07) is 12.5. The number of thiophene rings is 1. The van der Waals surface area contributed by atoms with Crippen LogP contribution in [0.4, 0.5) is 0 Å². The minimum absolute atomic E-state index is 0.224. The van der Waals surface area contributed by atoms with Crippen molar-refractivity contribution in [3.63, 3.8) is 0 Å². The zero-order valence-corrected chi connectivity index (χ0v) is 13.3. The van der Waals surface area contributed by atoms with E-state index in [1.54, 1.807) is 11.3 Å². The number of carboxylic acids is 1. The van der Waals surface area contributed by atoms with E-state index < -0.39 is 5.97 Å². The number of nitrogens with one attached hydrogen (secondary N) is 1. The van der Waals surface area contributed by atoms with Gasteiger partial charge in [0.15, 0.2) is 0 Å². The van der Waals surface area contributed by atoms with E-state index in [0.29, 0.717) is 6.42 Å². The first-order valence-corrected chi connectivity index (χ1v) is 8.03. The van der Waals surface area contributed by atoms with Crippen molar-refractivity contribution in [1.82, 2.24) is 5.32 Å². The summed E-state index contributed by atoms with van der Waals surface area (Å²) in [5.74, 6) is -0.736. The quantitative estimate of drug-likeness (QED) is 0.735. The third-order valence-electron chi connectivity index (χ3n) is 2.83. The molecule has 106 valence electrons. The van der Waals surface area contributed by atoms with Gasteiger partial charge in [-0.05, 0) is 42.8 Å². The molecular formula is C15H16BrNO2S. The summed E-state index contributed by atoms with van der Waals surface area (Å²) in [6.45, 7) is 1.53. The molecule has 3 nitrogen and oxygen atoms in total. The van der Waals surface area contributed by atoms with Crippen LogP contribution in [0.1, 0.15) is 17.7 Å². The van der Waals surface area contributed by atoms with E-state index in [2.05, 4.69) is 45.5 Å². The molecule has 0 aliphatic rings. The summed E-state index contributed by atoms with van der Waals surface area (Å²) in [6.07, 6.45) is 0.891. The van der Waals surface area contributed by atoms with E-state index in [1.807, 2.05) is 12.1 Å². The average molecular weight is 354 g/mol. The molecule has 2 aromatic rings. The summed E-state index contributed by atoms with van der Waals surface area (Å²) in [5.41, 5.74) is 1.22. The Morgan fingerprint density at radius 3 is 2.65 bits per heavy atom. The number of rotatable bonds is 7. The second-order valence-electron chi connectivity index (χ2n) is 4.45. The summed E-state index contributed by atoms with van der Waals surface area (Å²) in [4.78, 5) is 12.9. The number of halogens is 1. The van der Waals surface area contributed by atoms with Gasteiger partial charge in [-0.25, -0.2) is 0 Å². The largest absolute Gasteiger partial charge is 0.481 e. The molecule has 0 amide bonds. The highest BCUT2D eigenvalue weighted by atomic mass is 79.9. The highest BCUT2D eigenvalue weighted by Gasteiger charge is 2.03. The smallest absolute Gasteiger partial charge is 0.303 e. The van der Waals surface area contributed by atoms with Crippen molar-refractivity contribution < 1.29 is 9.90 Å². The van der Waals surface area contributed by atoms with Crippen molar-refractivity contribution in [3.8, 4) is 10.4 Å².